The molecule has 0 aliphatic carbocycles. The standard InChI is InChI=1S/C3H7ClN2.ClH/c4-3-6-2-1-5;/h3H,1-2,5H2;1H. The first-order chi connectivity index (χ1) is 2.91. The van der Waals surface area contributed by atoms with E-state index in [-0.39, 0.29) is 12.4 Å². The summed E-state index contributed by atoms with van der Waals surface area (Å²) < 4.78 is 0. The number of nitrogens with zero attached hydrogens (tertiary/aromatic N) is 1. The lowest BCUT2D eigenvalue weighted by molar-refractivity contribution is 0.983. The molecule has 0 aromatic carbocycles. The minimum Gasteiger partial charge on any atom is -0.329 e. The molecule has 0 aromatic heterocycles. The highest BCUT2D eigenvalue weighted by Gasteiger charge is 1.65. The van der Waals surface area contributed by atoms with Crippen LogP contribution >= 0.6 is 24.0 Å². The van der Waals surface area contributed by atoms with Crippen LogP contribution in [0.5, 0.6) is 0 Å². The van der Waals surface area contributed by atoms with E-state index in [1.807, 2.05) is 0 Å². The summed E-state index contributed by atoms with van der Waals surface area (Å²) in [6.07, 6.45) is 0. The molecule has 0 spiro atoms. The number of nitrogens with two attached hydrogens (primary N) is 1. The van der Waals surface area contributed by atoms with Gasteiger partial charge in [-0.3, -0.25) is 4.99 Å². The SMILES string of the molecule is Cl.NCCN=CCl. The van der Waals surface area contributed by atoms with Crippen molar-refractivity contribution in [1.29, 1.82) is 0 Å². The summed E-state index contributed by atoms with van der Waals surface area (Å²) >= 11 is 5.03. The summed E-state index contributed by atoms with van der Waals surface area (Å²) in [4.78, 5) is 3.61. The van der Waals surface area contributed by atoms with Gasteiger partial charge in [0.15, 0.2) is 0 Å². The van der Waals surface area contributed by atoms with Gasteiger partial charge in [0.1, 0.15) is 0 Å². The van der Waals surface area contributed by atoms with Gasteiger partial charge in [0.05, 0.1) is 12.2 Å². The van der Waals surface area contributed by atoms with E-state index in [9.17, 15) is 0 Å². The molecule has 0 amide bonds. The maximum Gasteiger partial charge on any atom is 0.0871 e. The van der Waals surface area contributed by atoms with E-state index < -0.39 is 0 Å². The van der Waals surface area contributed by atoms with Crippen molar-refractivity contribution in [3.05, 3.63) is 0 Å². The molecule has 4 heteroatoms. The Morgan fingerprint density at radius 1 is 1.71 bits per heavy atom. The van der Waals surface area contributed by atoms with Crippen molar-refractivity contribution in [2.45, 2.75) is 0 Å². The van der Waals surface area contributed by atoms with Crippen molar-refractivity contribution in [1.82, 2.24) is 0 Å². The highest BCUT2D eigenvalue weighted by molar-refractivity contribution is 6.56. The molecule has 0 saturated carbocycles. The Balaban J connectivity index is 0. The van der Waals surface area contributed by atoms with Crippen LogP contribution in [0.25, 0.3) is 0 Å². The van der Waals surface area contributed by atoms with E-state index in [0.717, 1.165) is 0 Å². The Labute approximate surface area is 54.2 Å². The third kappa shape index (κ3) is 10.7. The Bertz CT molecular complexity index is 46.2. The second-order valence-electron chi connectivity index (χ2n) is 0.792. The van der Waals surface area contributed by atoms with E-state index >= 15 is 0 Å². The number of halogens is 2. The number of hydrogen-bond donors (Lipinski definition) is 1. The molecule has 0 aromatic rings. The maximum atomic E-state index is 5.04. The zero-order valence-electron chi connectivity index (χ0n) is 3.80. The highest BCUT2D eigenvalue weighted by Crippen LogP contribution is 1.64. The van der Waals surface area contributed by atoms with Gasteiger partial charge in [-0.15, -0.1) is 12.4 Å². The molecule has 0 atom stereocenters. The van der Waals surface area contributed by atoms with Crippen LogP contribution in [-0.4, -0.2) is 18.8 Å². The predicted molar refractivity (Wildman–Crippen MR) is 35.5 cm³/mol. The van der Waals surface area contributed by atoms with E-state index in [2.05, 4.69) is 4.99 Å². The normalized spacial score (nSPS) is 8.86. The Kier molecular flexibility index (Phi) is 13.9. The van der Waals surface area contributed by atoms with Crippen molar-refractivity contribution in [2.75, 3.05) is 13.1 Å². The molecule has 0 saturated heterocycles. The summed E-state index contributed by atoms with van der Waals surface area (Å²) in [5.41, 5.74) is 6.27. The second-order valence-corrected chi connectivity index (χ2v) is 0.988. The first-order valence-electron chi connectivity index (χ1n) is 1.70. The van der Waals surface area contributed by atoms with E-state index in [0.29, 0.717) is 13.1 Å². The zero-order valence-corrected chi connectivity index (χ0v) is 5.37. The fraction of sp³-hybridized carbons (Fsp3) is 0.667. The first-order valence-corrected chi connectivity index (χ1v) is 2.14. The number of rotatable bonds is 2. The van der Waals surface area contributed by atoms with Crippen LogP contribution in [-0.2, 0) is 0 Å². The average molecular weight is 143 g/mol. The second kappa shape index (κ2) is 9.51. The third-order valence-corrected chi connectivity index (χ3v) is 0.465. The van der Waals surface area contributed by atoms with Crippen LogP contribution in [0.15, 0.2) is 4.99 Å². The van der Waals surface area contributed by atoms with Gasteiger partial charge in [-0.05, 0) is 0 Å². The Hall–Kier alpha value is 0.210. The minimum atomic E-state index is 0. The summed E-state index contributed by atoms with van der Waals surface area (Å²) in [7, 11) is 0. The van der Waals surface area contributed by atoms with Crippen LogP contribution in [0.3, 0.4) is 0 Å². The van der Waals surface area contributed by atoms with Gasteiger partial charge in [-0.25, -0.2) is 0 Å². The Morgan fingerprint density at radius 2 is 2.29 bits per heavy atom. The van der Waals surface area contributed by atoms with E-state index in [1.54, 1.807) is 0 Å². The molecular formula is C3H8Cl2N2. The van der Waals surface area contributed by atoms with Crippen molar-refractivity contribution in [2.24, 2.45) is 10.7 Å². The summed E-state index contributed by atoms with van der Waals surface area (Å²) in [6.45, 7) is 1.20. The Morgan fingerprint density at radius 3 is 2.43 bits per heavy atom. The lowest BCUT2D eigenvalue weighted by atomic mass is 10.7. The molecule has 0 rings (SSSR count). The fourth-order valence-corrected chi connectivity index (χ4v) is 0.221. The van der Waals surface area contributed by atoms with Crippen LogP contribution in [0.4, 0.5) is 0 Å². The van der Waals surface area contributed by atoms with Crippen LogP contribution in [0, 0.1) is 0 Å². The van der Waals surface area contributed by atoms with Crippen LogP contribution in [0.1, 0.15) is 0 Å². The monoisotopic (exact) mass is 142 g/mol. The van der Waals surface area contributed by atoms with Gasteiger partial charge in [0.25, 0.3) is 0 Å². The van der Waals surface area contributed by atoms with Crippen LogP contribution in [0.2, 0.25) is 0 Å². The number of aliphatic imine (C=N–C) groups is 1. The smallest absolute Gasteiger partial charge is 0.0871 e. The molecule has 0 fully saturated rings. The lowest BCUT2D eigenvalue weighted by Crippen LogP contribution is -2.01. The lowest BCUT2D eigenvalue weighted by Gasteiger charge is -1.77. The van der Waals surface area contributed by atoms with Gasteiger partial charge >= 0.3 is 0 Å². The molecule has 0 heterocycles. The molecule has 0 bridgehead atoms. The summed E-state index contributed by atoms with van der Waals surface area (Å²) in [6, 6.07) is 0. The van der Waals surface area contributed by atoms with Gasteiger partial charge in [-0.2, -0.15) is 0 Å². The highest BCUT2D eigenvalue weighted by atomic mass is 35.5. The predicted octanol–water partition coefficient (Wildman–Crippen LogP) is 0.634. The molecule has 7 heavy (non-hydrogen) atoms. The fourth-order valence-electron chi connectivity index (χ4n) is 0.123. The molecule has 0 aliphatic rings. The molecule has 2 N–H and O–H groups in total. The van der Waals surface area contributed by atoms with E-state index in [1.165, 1.54) is 5.67 Å². The summed E-state index contributed by atoms with van der Waals surface area (Å²) in [5, 5.41) is 0. The van der Waals surface area contributed by atoms with Crippen molar-refractivity contribution in [3.63, 3.8) is 0 Å². The largest absolute Gasteiger partial charge is 0.329 e. The minimum absolute atomic E-state index is 0. The summed E-state index contributed by atoms with van der Waals surface area (Å²) in [5.74, 6) is 0. The molecular weight excluding hydrogens is 135 g/mol. The maximum absolute atomic E-state index is 5.04. The number of hydrogen-bond acceptors (Lipinski definition) is 2. The molecule has 44 valence electrons. The average Bonchev–Trinajstić information content (AvgIpc) is 1.61. The zero-order chi connectivity index (χ0) is 4.83. The molecule has 0 radical (unpaired) electrons. The quantitative estimate of drug-likeness (QED) is 0.565. The third-order valence-electron chi connectivity index (χ3n) is 0.327. The van der Waals surface area contributed by atoms with Gasteiger partial charge in [0.2, 0.25) is 0 Å². The van der Waals surface area contributed by atoms with Gasteiger partial charge in [0, 0.05) is 6.54 Å². The molecule has 0 unspecified atom stereocenters. The topological polar surface area (TPSA) is 38.4 Å². The first kappa shape index (κ1) is 10.2. The molecule has 0 aliphatic heterocycles. The van der Waals surface area contributed by atoms with Crippen molar-refractivity contribution in [3.8, 4) is 0 Å². The van der Waals surface area contributed by atoms with Gasteiger partial charge in [-0.1, -0.05) is 11.6 Å². The van der Waals surface area contributed by atoms with Crippen molar-refractivity contribution >= 4 is 29.7 Å². The molecule has 2 nitrogen and oxygen atoms in total. The van der Waals surface area contributed by atoms with Crippen LogP contribution < -0.4 is 5.73 Å². The van der Waals surface area contributed by atoms with E-state index in [4.69, 9.17) is 17.3 Å². The van der Waals surface area contributed by atoms with Gasteiger partial charge < -0.3 is 5.73 Å². The van der Waals surface area contributed by atoms with Crippen molar-refractivity contribution < 1.29 is 0 Å².